The minimum absolute atomic E-state index is 1.09. The first-order chi connectivity index (χ1) is 19.3. The van der Waals surface area contributed by atoms with Gasteiger partial charge in [-0.2, -0.15) is 0 Å². The number of hydrogen-bond donors (Lipinski definition) is 0. The van der Waals surface area contributed by atoms with Gasteiger partial charge in [0.25, 0.3) is 0 Å². The van der Waals surface area contributed by atoms with Crippen LogP contribution in [0.5, 0.6) is 0 Å². The lowest BCUT2D eigenvalue weighted by Crippen LogP contribution is -1.98. The second-order valence-corrected chi connectivity index (χ2v) is 10.2. The smallest absolute Gasteiger partial charge is 0.0626 e. The standard InChI is InChI=1S/C38H25N/c1-3-24-19-20-27(23-25(24)4-2)28-13-5-7-17-34(28)39-35-18-8-6-14-29(35)32-22-21-31-30-15-9-11-26-12-10-16-33(36(26)30)37(31)38(32)39/h3-23H,1-2H2. The fourth-order valence-corrected chi connectivity index (χ4v) is 6.60. The third-order valence-corrected chi connectivity index (χ3v) is 8.28. The van der Waals surface area contributed by atoms with E-state index in [1.165, 1.54) is 66.1 Å². The molecule has 0 aliphatic heterocycles. The Morgan fingerprint density at radius 2 is 1.28 bits per heavy atom. The van der Waals surface area contributed by atoms with Crippen molar-refractivity contribution < 1.29 is 0 Å². The van der Waals surface area contributed by atoms with Crippen molar-refractivity contribution in [3.05, 3.63) is 140 Å². The van der Waals surface area contributed by atoms with Gasteiger partial charge in [0, 0.05) is 21.9 Å². The van der Waals surface area contributed by atoms with E-state index in [2.05, 4.69) is 133 Å². The number of para-hydroxylation sites is 2. The van der Waals surface area contributed by atoms with Crippen LogP contribution >= 0.6 is 0 Å². The molecule has 8 rings (SSSR count). The lowest BCUT2D eigenvalue weighted by molar-refractivity contribution is 1.18. The molecule has 0 atom stereocenters. The molecule has 1 heteroatoms. The van der Waals surface area contributed by atoms with Gasteiger partial charge in [-0.1, -0.05) is 122 Å². The van der Waals surface area contributed by atoms with Crippen LogP contribution in [-0.4, -0.2) is 4.57 Å². The predicted molar refractivity (Wildman–Crippen MR) is 168 cm³/mol. The van der Waals surface area contributed by atoms with Crippen LogP contribution in [0.25, 0.3) is 83.8 Å². The predicted octanol–water partition coefficient (Wildman–Crippen LogP) is 10.5. The van der Waals surface area contributed by atoms with E-state index in [4.69, 9.17) is 0 Å². The minimum Gasteiger partial charge on any atom is -0.308 e. The molecular weight excluding hydrogens is 470 g/mol. The highest BCUT2D eigenvalue weighted by Gasteiger charge is 2.27. The lowest BCUT2D eigenvalue weighted by Gasteiger charge is -2.17. The maximum atomic E-state index is 4.05. The van der Waals surface area contributed by atoms with Gasteiger partial charge >= 0.3 is 0 Å². The fourth-order valence-electron chi connectivity index (χ4n) is 6.60. The molecule has 6 aromatic carbocycles. The summed E-state index contributed by atoms with van der Waals surface area (Å²) in [5.74, 6) is 0. The number of rotatable bonds is 4. The summed E-state index contributed by atoms with van der Waals surface area (Å²) in [6.45, 7) is 8.04. The largest absolute Gasteiger partial charge is 0.308 e. The zero-order valence-corrected chi connectivity index (χ0v) is 21.5. The lowest BCUT2D eigenvalue weighted by atomic mass is 9.97. The Bertz CT molecular complexity index is 2150. The molecule has 0 N–H and O–H groups in total. The fraction of sp³-hybridized carbons (Fsp3) is 0. The van der Waals surface area contributed by atoms with E-state index in [0.29, 0.717) is 0 Å². The number of benzene rings is 6. The van der Waals surface area contributed by atoms with Crippen LogP contribution in [0.1, 0.15) is 11.1 Å². The van der Waals surface area contributed by atoms with Crippen molar-refractivity contribution in [1.82, 2.24) is 4.57 Å². The molecule has 1 heterocycles. The van der Waals surface area contributed by atoms with Gasteiger partial charge in [0.15, 0.2) is 0 Å². The summed E-state index contributed by atoms with van der Waals surface area (Å²) in [4.78, 5) is 0. The van der Waals surface area contributed by atoms with Gasteiger partial charge in [-0.15, -0.1) is 0 Å². The number of aromatic nitrogens is 1. The van der Waals surface area contributed by atoms with Crippen LogP contribution in [0.2, 0.25) is 0 Å². The van der Waals surface area contributed by atoms with E-state index in [1.54, 1.807) is 0 Å². The molecule has 0 bridgehead atoms. The molecule has 7 aromatic rings. The van der Waals surface area contributed by atoms with E-state index >= 15 is 0 Å². The second-order valence-electron chi connectivity index (χ2n) is 10.2. The number of hydrogen-bond acceptors (Lipinski definition) is 0. The van der Waals surface area contributed by atoms with Crippen molar-refractivity contribution in [2.24, 2.45) is 0 Å². The summed E-state index contributed by atoms with van der Waals surface area (Å²) in [6.07, 6.45) is 3.80. The van der Waals surface area contributed by atoms with Crippen molar-refractivity contribution in [2.75, 3.05) is 0 Å². The van der Waals surface area contributed by atoms with Crippen molar-refractivity contribution in [3.63, 3.8) is 0 Å². The van der Waals surface area contributed by atoms with Crippen LogP contribution in [0.15, 0.2) is 128 Å². The average Bonchev–Trinajstić information content (AvgIpc) is 3.51. The molecule has 0 fully saturated rings. The van der Waals surface area contributed by atoms with E-state index < -0.39 is 0 Å². The molecule has 1 nitrogen and oxygen atoms in total. The quantitative estimate of drug-likeness (QED) is 0.229. The highest BCUT2D eigenvalue weighted by molar-refractivity contribution is 6.24. The molecule has 0 saturated carbocycles. The Morgan fingerprint density at radius 1 is 0.538 bits per heavy atom. The molecule has 39 heavy (non-hydrogen) atoms. The first kappa shape index (κ1) is 21.9. The topological polar surface area (TPSA) is 4.93 Å². The highest BCUT2D eigenvalue weighted by Crippen LogP contribution is 2.52. The summed E-state index contributed by atoms with van der Waals surface area (Å²) >= 11 is 0. The maximum absolute atomic E-state index is 4.05. The van der Waals surface area contributed by atoms with E-state index in [-0.39, 0.29) is 0 Å². The van der Waals surface area contributed by atoms with Crippen LogP contribution in [-0.2, 0) is 0 Å². The monoisotopic (exact) mass is 495 g/mol. The molecule has 0 radical (unpaired) electrons. The Labute approximate surface area is 227 Å². The first-order valence-electron chi connectivity index (χ1n) is 13.4. The summed E-state index contributed by atoms with van der Waals surface area (Å²) in [7, 11) is 0. The van der Waals surface area contributed by atoms with Crippen LogP contribution in [0.3, 0.4) is 0 Å². The van der Waals surface area contributed by atoms with Crippen molar-refractivity contribution >= 4 is 44.7 Å². The Balaban J connectivity index is 1.52. The molecular formula is C38H25N. The van der Waals surface area contributed by atoms with Gasteiger partial charge in [0.2, 0.25) is 0 Å². The number of fused-ring (bicyclic) bond motifs is 7. The first-order valence-corrected chi connectivity index (χ1v) is 13.4. The molecule has 1 aliphatic rings. The average molecular weight is 496 g/mol. The Hall–Kier alpha value is -5.14. The molecule has 0 spiro atoms. The molecule has 0 amide bonds. The summed E-state index contributed by atoms with van der Waals surface area (Å²) in [5.41, 5.74) is 13.4. The Kier molecular flexibility index (Phi) is 4.59. The summed E-state index contributed by atoms with van der Waals surface area (Å²) < 4.78 is 2.48. The zero-order valence-electron chi connectivity index (χ0n) is 21.5. The van der Waals surface area contributed by atoms with Crippen LogP contribution in [0.4, 0.5) is 0 Å². The molecule has 0 unspecified atom stereocenters. The highest BCUT2D eigenvalue weighted by atomic mass is 15.0. The van der Waals surface area contributed by atoms with Gasteiger partial charge < -0.3 is 4.57 Å². The third kappa shape index (κ3) is 2.96. The second kappa shape index (κ2) is 8.18. The minimum atomic E-state index is 1.09. The van der Waals surface area contributed by atoms with Crippen molar-refractivity contribution in [2.45, 2.75) is 0 Å². The van der Waals surface area contributed by atoms with Gasteiger partial charge in [-0.25, -0.2) is 0 Å². The third-order valence-electron chi connectivity index (χ3n) is 8.28. The maximum Gasteiger partial charge on any atom is 0.0626 e. The van der Waals surface area contributed by atoms with E-state index in [0.717, 1.165) is 16.7 Å². The summed E-state index contributed by atoms with van der Waals surface area (Å²) in [6, 6.07) is 42.1. The van der Waals surface area contributed by atoms with E-state index in [9.17, 15) is 0 Å². The molecule has 0 saturated heterocycles. The van der Waals surface area contributed by atoms with Crippen LogP contribution in [0, 0.1) is 0 Å². The van der Waals surface area contributed by atoms with Crippen molar-refractivity contribution in [1.29, 1.82) is 0 Å². The zero-order chi connectivity index (χ0) is 26.1. The van der Waals surface area contributed by atoms with Crippen LogP contribution < -0.4 is 0 Å². The van der Waals surface area contributed by atoms with Gasteiger partial charge in [0.05, 0.1) is 16.7 Å². The SMILES string of the molecule is C=Cc1ccc(-c2ccccc2-n2c3ccccc3c3ccc4c(c32)-c2cccc3cccc-4c23)cc1C=C. The van der Waals surface area contributed by atoms with Gasteiger partial charge in [-0.3, -0.25) is 0 Å². The van der Waals surface area contributed by atoms with Gasteiger partial charge in [0.1, 0.15) is 0 Å². The van der Waals surface area contributed by atoms with Crippen molar-refractivity contribution in [3.8, 4) is 39.1 Å². The summed E-state index contributed by atoms with van der Waals surface area (Å²) in [5, 5.41) is 5.18. The van der Waals surface area contributed by atoms with Gasteiger partial charge in [-0.05, 0) is 62.4 Å². The molecule has 1 aromatic heterocycles. The number of nitrogens with zero attached hydrogens (tertiary/aromatic N) is 1. The normalized spacial score (nSPS) is 11.8. The molecule has 1 aliphatic carbocycles. The van der Waals surface area contributed by atoms with E-state index in [1.807, 2.05) is 12.2 Å². The Morgan fingerprint density at radius 3 is 2.13 bits per heavy atom. The molecule has 182 valence electrons.